The summed E-state index contributed by atoms with van der Waals surface area (Å²) in [6.45, 7) is 0.421. The lowest BCUT2D eigenvalue weighted by Gasteiger charge is -2.23. The minimum Gasteiger partial charge on any atom is -0.493 e. The van der Waals surface area contributed by atoms with Gasteiger partial charge in [-0.1, -0.05) is 12.1 Å². The van der Waals surface area contributed by atoms with Crippen LogP contribution in [-0.4, -0.2) is 67.5 Å². The molecule has 33 heavy (non-hydrogen) atoms. The first-order valence-electron chi connectivity index (χ1n) is 10.1. The number of carbonyl (C=O) groups excluding carboxylic acids is 2. The highest BCUT2D eigenvalue weighted by atomic mass is 32.2. The second-order valence-electron chi connectivity index (χ2n) is 7.00. The lowest BCUT2D eigenvalue weighted by atomic mass is 10.1. The van der Waals surface area contributed by atoms with E-state index in [1.807, 2.05) is 0 Å². The number of sulfonamides is 1. The topological polar surface area (TPSA) is 123 Å². The first kappa shape index (κ1) is 25.9. The van der Waals surface area contributed by atoms with Gasteiger partial charge in [0.15, 0.2) is 11.5 Å². The number of methoxy groups -OCH3 is 3. The maximum Gasteiger partial charge on any atom is 0.253 e. The standard InChI is InChI=1S/C22H29N3O7S/c1-30-13-7-12-23-22(27)17-8-5-6-9-18(17)24-21(26)15-25(33(4,28)29)16-10-11-19(31-2)20(14-16)32-3/h5-6,8-11,14H,7,12-13,15H2,1-4H3,(H,23,27)(H,24,26). The molecule has 0 saturated heterocycles. The van der Waals surface area contributed by atoms with Gasteiger partial charge in [-0.15, -0.1) is 0 Å². The molecule has 0 aliphatic heterocycles. The third-order valence-electron chi connectivity index (χ3n) is 4.60. The number of anilines is 2. The van der Waals surface area contributed by atoms with Crippen LogP contribution in [0.25, 0.3) is 0 Å². The van der Waals surface area contributed by atoms with Gasteiger partial charge in [-0.3, -0.25) is 13.9 Å². The first-order valence-corrected chi connectivity index (χ1v) is 11.9. The van der Waals surface area contributed by atoms with E-state index in [2.05, 4.69) is 10.6 Å². The van der Waals surface area contributed by atoms with Crippen molar-refractivity contribution in [3.05, 3.63) is 48.0 Å². The zero-order valence-electron chi connectivity index (χ0n) is 19.1. The SMILES string of the molecule is COCCCNC(=O)c1ccccc1NC(=O)CN(c1ccc(OC)c(OC)c1)S(C)(=O)=O. The monoisotopic (exact) mass is 479 g/mol. The number of nitrogens with zero attached hydrogens (tertiary/aromatic N) is 1. The molecule has 0 fully saturated rings. The van der Waals surface area contributed by atoms with Crippen molar-refractivity contribution in [1.29, 1.82) is 0 Å². The molecular weight excluding hydrogens is 450 g/mol. The fourth-order valence-corrected chi connectivity index (χ4v) is 3.85. The number of carbonyl (C=O) groups is 2. The molecule has 2 aromatic rings. The molecule has 2 amide bonds. The van der Waals surface area contributed by atoms with Crippen LogP contribution in [0.15, 0.2) is 42.5 Å². The van der Waals surface area contributed by atoms with Crippen LogP contribution in [0.5, 0.6) is 11.5 Å². The summed E-state index contributed by atoms with van der Waals surface area (Å²) in [5, 5.41) is 5.39. The Kier molecular flexibility index (Phi) is 9.49. The Morgan fingerprint density at radius 3 is 2.33 bits per heavy atom. The van der Waals surface area contributed by atoms with Crippen LogP contribution in [0, 0.1) is 0 Å². The van der Waals surface area contributed by atoms with Gasteiger partial charge < -0.3 is 24.8 Å². The Bertz CT molecular complexity index is 1070. The molecule has 11 heteroatoms. The summed E-state index contributed by atoms with van der Waals surface area (Å²) in [6, 6.07) is 11.0. The van der Waals surface area contributed by atoms with E-state index in [1.165, 1.54) is 26.4 Å². The van der Waals surface area contributed by atoms with Gasteiger partial charge in [0.1, 0.15) is 6.54 Å². The molecule has 180 valence electrons. The number of para-hydroxylation sites is 1. The number of nitrogens with one attached hydrogen (secondary N) is 2. The number of hydrogen-bond acceptors (Lipinski definition) is 7. The molecule has 0 unspecified atom stereocenters. The lowest BCUT2D eigenvalue weighted by molar-refractivity contribution is -0.114. The van der Waals surface area contributed by atoms with Crippen LogP contribution in [0.4, 0.5) is 11.4 Å². The van der Waals surface area contributed by atoms with Crippen LogP contribution >= 0.6 is 0 Å². The second kappa shape index (κ2) is 12.1. The number of hydrogen-bond donors (Lipinski definition) is 2. The molecule has 0 aliphatic carbocycles. The molecular formula is C22H29N3O7S. The van der Waals surface area contributed by atoms with Crippen molar-refractivity contribution in [2.75, 3.05) is 56.9 Å². The third kappa shape index (κ3) is 7.36. The zero-order chi connectivity index (χ0) is 24.4. The summed E-state index contributed by atoms with van der Waals surface area (Å²) in [4.78, 5) is 25.3. The van der Waals surface area contributed by atoms with E-state index in [0.29, 0.717) is 31.1 Å². The Morgan fingerprint density at radius 2 is 1.70 bits per heavy atom. The van der Waals surface area contributed by atoms with Gasteiger partial charge in [0.25, 0.3) is 5.91 Å². The van der Waals surface area contributed by atoms with Crippen molar-refractivity contribution < 1.29 is 32.2 Å². The van der Waals surface area contributed by atoms with Crippen molar-refractivity contribution in [2.24, 2.45) is 0 Å². The number of rotatable bonds is 12. The van der Waals surface area contributed by atoms with E-state index in [9.17, 15) is 18.0 Å². The normalized spacial score (nSPS) is 10.9. The zero-order valence-corrected chi connectivity index (χ0v) is 19.9. The van der Waals surface area contributed by atoms with Gasteiger partial charge in [0.05, 0.1) is 37.4 Å². The van der Waals surface area contributed by atoms with E-state index in [1.54, 1.807) is 37.4 Å². The van der Waals surface area contributed by atoms with Crippen molar-refractivity contribution in [3.63, 3.8) is 0 Å². The smallest absolute Gasteiger partial charge is 0.253 e. The first-order chi connectivity index (χ1) is 15.7. The summed E-state index contributed by atoms with van der Waals surface area (Å²) in [5.74, 6) is -0.235. The van der Waals surface area contributed by atoms with Crippen molar-refractivity contribution in [2.45, 2.75) is 6.42 Å². The third-order valence-corrected chi connectivity index (χ3v) is 5.74. The summed E-state index contributed by atoms with van der Waals surface area (Å²) in [5.41, 5.74) is 0.766. The van der Waals surface area contributed by atoms with Crippen LogP contribution in [0.1, 0.15) is 16.8 Å². The average Bonchev–Trinajstić information content (AvgIpc) is 2.79. The largest absolute Gasteiger partial charge is 0.493 e. The highest BCUT2D eigenvalue weighted by Crippen LogP contribution is 2.32. The Labute approximate surface area is 193 Å². The summed E-state index contributed by atoms with van der Waals surface area (Å²) < 4.78 is 41.1. The second-order valence-corrected chi connectivity index (χ2v) is 8.91. The Morgan fingerprint density at radius 1 is 1.00 bits per heavy atom. The predicted molar refractivity (Wildman–Crippen MR) is 126 cm³/mol. The molecule has 0 aromatic heterocycles. The van der Waals surface area contributed by atoms with Crippen molar-refractivity contribution in [3.8, 4) is 11.5 Å². The van der Waals surface area contributed by atoms with Crippen LogP contribution in [0.3, 0.4) is 0 Å². The minimum absolute atomic E-state index is 0.231. The number of benzene rings is 2. The van der Waals surface area contributed by atoms with E-state index in [0.717, 1.165) is 10.6 Å². The molecule has 0 saturated carbocycles. The van der Waals surface area contributed by atoms with Gasteiger partial charge in [0, 0.05) is 26.3 Å². The molecule has 0 radical (unpaired) electrons. The van der Waals surface area contributed by atoms with E-state index < -0.39 is 22.5 Å². The van der Waals surface area contributed by atoms with Gasteiger partial charge in [-0.25, -0.2) is 8.42 Å². The molecule has 2 aromatic carbocycles. The van der Waals surface area contributed by atoms with E-state index >= 15 is 0 Å². The summed E-state index contributed by atoms with van der Waals surface area (Å²) >= 11 is 0. The van der Waals surface area contributed by atoms with Gasteiger partial charge in [-0.2, -0.15) is 0 Å². The highest BCUT2D eigenvalue weighted by molar-refractivity contribution is 7.92. The van der Waals surface area contributed by atoms with Gasteiger partial charge in [-0.05, 0) is 30.7 Å². The van der Waals surface area contributed by atoms with Crippen molar-refractivity contribution in [1.82, 2.24) is 5.32 Å². The molecule has 10 nitrogen and oxygen atoms in total. The van der Waals surface area contributed by atoms with Crippen molar-refractivity contribution >= 4 is 33.2 Å². The maximum atomic E-state index is 12.8. The Hall–Kier alpha value is -3.31. The highest BCUT2D eigenvalue weighted by Gasteiger charge is 2.23. The van der Waals surface area contributed by atoms with Crippen LogP contribution in [0.2, 0.25) is 0 Å². The van der Waals surface area contributed by atoms with E-state index in [-0.39, 0.29) is 22.8 Å². The molecule has 0 atom stereocenters. The number of amides is 2. The van der Waals surface area contributed by atoms with Crippen LogP contribution in [-0.2, 0) is 19.6 Å². The molecule has 0 bridgehead atoms. The average molecular weight is 480 g/mol. The summed E-state index contributed by atoms with van der Waals surface area (Å²) in [6.07, 6.45) is 1.64. The van der Waals surface area contributed by atoms with E-state index in [4.69, 9.17) is 14.2 Å². The fourth-order valence-electron chi connectivity index (χ4n) is 3.00. The van der Waals surface area contributed by atoms with Gasteiger partial charge in [0.2, 0.25) is 15.9 Å². The molecule has 0 aliphatic rings. The molecule has 0 heterocycles. The van der Waals surface area contributed by atoms with Crippen LogP contribution < -0.4 is 24.4 Å². The molecule has 2 N–H and O–H groups in total. The number of ether oxygens (including phenoxy) is 3. The quantitative estimate of drug-likeness (QED) is 0.446. The lowest BCUT2D eigenvalue weighted by Crippen LogP contribution is -2.37. The molecule has 2 rings (SSSR count). The fraction of sp³-hybridized carbons (Fsp3) is 0.364. The molecule has 0 spiro atoms. The minimum atomic E-state index is -3.81. The Balaban J connectivity index is 2.20. The summed E-state index contributed by atoms with van der Waals surface area (Å²) in [7, 11) is 0.659. The maximum absolute atomic E-state index is 12.8. The predicted octanol–water partition coefficient (Wildman–Crippen LogP) is 1.87. The van der Waals surface area contributed by atoms with Gasteiger partial charge >= 0.3 is 0 Å².